The summed E-state index contributed by atoms with van der Waals surface area (Å²) in [6.45, 7) is 0.578. The van der Waals surface area contributed by atoms with Crippen molar-refractivity contribution in [3.8, 4) is 5.88 Å². The standard InChI is InChI=1S/C11H12F3N3O3/c12-11(13,14)9-15-4-1-8(16-9)20-7-2-5-17(6-3-7)10(18)19/h1,4,7H,2-3,5-6H2,(H,18,19). The highest BCUT2D eigenvalue weighted by Gasteiger charge is 2.35. The average Bonchev–Trinajstić information content (AvgIpc) is 2.38. The van der Waals surface area contributed by atoms with Crippen LogP contribution in [0.2, 0.25) is 0 Å². The van der Waals surface area contributed by atoms with E-state index in [-0.39, 0.29) is 25.1 Å². The van der Waals surface area contributed by atoms with Gasteiger partial charge in [0.25, 0.3) is 0 Å². The average molecular weight is 291 g/mol. The van der Waals surface area contributed by atoms with E-state index in [1.807, 2.05) is 0 Å². The summed E-state index contributed by atoms with van der Waals surface area (Å²) in [6, 6.07) is 1.25. The molecule has 1 saturated heterocycles. The maximum absolute atomic E-state index is 12.4. The summed E-state index contributed by atoms with van der Waals surface area (Å²) in [4.78, 5) is 18.4. The fourth-order valence-electron chi connectivity index (χ4n) is 1.88. The van der Waals surface area contributed by atoms with Crippen molar-refractivity contribution in [2.75, 3.05) is 13.1 Å². The number of aromatic nitrogens is 2. The van der Waals surface area contributed by atoms with Gasteiger partial charge < -0.3 is 14.7 Å². The third kappa shape index (κ3) is 3.49. The highest BCUT2D eigenvalue weighted by atomic mass is 19.4. The van der Waals surface area contributed by atoms with Gasteiger partial charge in [0.2, 0.25) is 11.7 Å². The summed E-state index contributed by atoms with van der Waals surface area (Å²) in [7, 11) is 0. The van der Waals surface area contributed by atoms with E-state index >= 15 is 0 Å². The monoisotopic (exact) mass is 291 g/mol. The number of amides is 1. The summed E-state index contributed by atoms with van der Waals surface area (Å²) in [5, 5.41) is 8.78. The van der Waals surface area contributed by atoms with E-state index in [1.165, 1.54) is 11.0 Å². The Morgan fingerprint density at radius 1 is 1.40 bits per heavy atom. The van der Waals surface area contributed by atoms with Crippen LogP contribution >= 0.6 is 0 Å². The second kappa shape index (κ2) is 5.51. The van der Waals surface area contributed by atoms with E-state index in [4.69, 9.17) is 9.84 Å². The SMILES string of the molecule is O=C(O)N1CCC(Oc2ccnc(C(F)(F)F)n2)CC1. The Balaban J connectivity index is 1.96. The van der Waals surface area contributed by atoms with Gasteiger partial charge in [-0.2, -0.15) is 18.2 Å². The number of ether oxygens (including phenoxy) is 1. The number of likely N-dealkylation sites (tertiary alicyclic amines) is 1. The van der Waals surface area contributed by atoms with Crippen LogP contribution in [-0.4, -0.2) is 45.3 Å². The Morgan fingerprint density at radius 3 is 2.60 bits per heavy atom. The lowest BCUT2D eigenvalue weighted by atomic mass is 10.1. The fourth-order valence-corrected chi connectivity index (χ4v) is 1.88. The normalized spacial score (nSPS) is 17.1. The van der Waals surface area contributed by atoms with E-state index < -0.39 is 18.1 Å². The summed E-state index contributed by atoms with van der Waals surface area (Å²) >= 11 is 0. The molecule has 0 aliphatic carbocycles. The molecule has 1 aromatic rings. The lowest BCUT2D eigenvalue weighted by molar-refractivity contribution is -0.145. The highest BCUT2D eigenvalue weighted by Crippen LogP contribution is 2.27. The zero-order valence-corrected chi connectivity index (χ0v) is 10.3. The van der Waals surface area contributed by atoms with Gasteiger partial charge in [0.15, 0.2) is 0 Å². The molecule has 0 unspecified atom stereocenters. The van der Waals surface area contributed by atoms with Crippen molar-refractivity contribution in [3.05, 3.63) is 18.1 Å². The summed E-state index contributed by atoms with van der Waals surface area (Å²) < 4.78 is 42.7. The number of carboxylic acid groups (broad SMARTS) is 1. The minimum Gasteiger partial charge on any atom is -0.474 e. The Hall–Kier alpha value is -2.06. The first kappa shape index (κ1) is 14.4. The number of rotatable bonds is 2. The molecule has 20 heavy (non-hydrogen) atoms. The van der Waals surface area contributed by atoms with Gasteiger partial charge >= 0.3 is 12.3 Å². The fraction of sp³-hybridized carbons (Fsp3) is 0.545. The van der Waals surface area contributed by atoms with Crippen LogP contribution in [0, 0.1) is 0 Å². The van der Waals surface area contributed by atoms with Gasteiger partial charge in [0.05, 0.1) is 0 Å². The van der Waals surface area contributed by atoms with Crippen molar-refractivity contribution < 1.29 is 27.8 Å². The predicted octanol–water partition coefficient (Wildman–Crippen LogP) is 2.02. The molecule has 0 aromatic carbocycles. The van der Waals surface area contributed by atoms with Gasteiger partial charge in [0, 0.05) is 38.2 Å². The van der Waals surface area contributed by atoms with Crippen LogP contribution in [0.1, 0.15) is 18.7 Å². The van der Waals surface area contributed by atoms with Crippen molar-refractivity contribution in [2.45, 2.75) is 25.1 Å². The minimum atomic E-state index is -4.62. The Kier molecular flexibility index (Phi) is 3.96. The van der Waals surface area contributed by atoms with Crippen LogP contribution in [0.25, 0.3) is 0 Å². The molecule has 0 saturated carbocycles. The molecule has 1 fully saturated rings. The van der Waals surface area contributed by atoms with Crippen LogP contribution in [0.3, 0.4) is 0 Å². The van der Waals surface area contributed by atoms with E-state index in [0.29, 0.717) is 12.8 Å². The van der Waals surface area contributed by atoms with Crippen molar-refractivity contribution in [2.24, 2.45) is 0 Å². The first-order valence-corrected chi connectivity index (χ1v) is 5.91. The van der Waals surface area contributed by atoms with Gasteiger partial charge in [-0.1, -0.05) is 0 Å². The number of carbonyl (C=O) groups is 1. The maximum atomic E-state index is 12.4. The topological polar surface area (TPSA) is 75.5 Å². The Labute approximate surface area is 112 Å². The van der Waals surface area contributed by atoms with Gasteiger partial charge in [0.1, 0.15) is 6.10 Å². The van der Waals surface area contributed by atoms with Gasteiger partial charge in [-0.3, -0.25) is 0 Å². The molecule has 9 heteroatoms. The number of nitrogens with zero attached hydrogens (tertiary/aromatic N) is 3. The number of alkyl halides is 3. The quantitative estimate of drug-likeness (QED) is 0.902. The number of halogens is 3. The summed E-state index contributed by atoms with van der Waals surface area (Å²) in [5.74, 6) is -1.40. The zero-order valence-electron chi connectivity index (χ0n) is 10.3. The highest BCUT2D eigenvalue weighted by molar-refractivity contribution is 5.65. The third-order valence-electron chi connectivity index (χ3n) is 2.88. The van der Waals surface area contributed by atoms with Crippen LogP contribution in [0.15, 0.2) is 12.3 Å². The van der Waals surface area contributed by atoms with Gasteiger partial charge in [-0.25, -0.2) is 9.78 Å². The molecule has 1 aromatic heterocycles. The smallest absolute Gasteiger partial charge is 0.451 e. The molecule has 1 aliphatic heterocycles. The Morgan fingerprint density at radius 2 is 2.05 bits per heavy atom. The summed E-state index contributed by atoms with van der Waals surface area (Å²) in [6.07, 6.45) is -4.16. The first-order chi connectivity index (χ1) is 9.36. The van der Waals surface area contributed by atoms with Crippen LogP contribution in [-0.2, 0) is 6.18 Å². The molecular formula is C11H12F3N3O3. The second-order valence-corrected chi connectivity index (χ2v) is 4.30. The van der Waals surface area contributed by atoms with Crippen molar-refractivity contribution in [1.82, 2.24) is 14.9 Å². The number of hydrogen-bond donors (Lipinski definition) is 1. The largest absolute Gasteiger partial charge is 0.474 e. The Bertz CT molecular complexity index is 487. The molecule has 110 valence electrons. The van der Waals surface area contributed by atoms with Crippen LogP contribution in [0.4, 0.5) is 18.0 Å². The zero-order chi connectivity index (χ0) is 14.8. The van der Waals surface area contributed by atoms with E-state index in [1.54, 1.807) is 0 Å². The summed E-state index contributed by atoms with van der Waals surface area (Å²) in [5.41, 5.74) is 0. The predicted molar refractivity (Wildman–Crippen MR) is 60.3 cm³/mol. The van der Waals surface area contributed by atoms with Crippen molar-refractivity contribution in [3.63, 3.8) is 0 Å². The van der Waals surface area contributed by atoms with Crippen LogP contribution in [0.5, 0.6) is 5.88 Å². The molecule has 2 heterocycles. The first-order valence-electron chi connectivity index (χ1n) is 5.91. The van der Waals surface area contributed by atoms with Crippen molar-refractivity contribution >= 4 is 6.09 Å². The van der Waals surface area contributed by atoms with Crippen molar-refractivity contribution in [1.29, 1.82) is 0 Å². The van der Waals surface area contributed by atoms with E-state index in [2.05, 4.69) is 9.97 Å². The lowest BCUT2D eigenvalue weighted by Crippen LogP contribution is -2.41. The molecule has 1 aliphatic rings. The molecule has 0 spiro atoms. The molecule has 1 amide bonds. The molecule has 0 radical (unpaired) electrons. The maximum Gasteiger partial charge on any atom is 0.451 e. The number of piperidine rings is 1. The number of hydrogen-bond acceptors (Lipinski definition) is 4. The minimum absolute atomic E-state index is 0.152. The molecule has 1 N–H and O–H groups in total. The van der Waals surface area contributed by atoms with Gasteiger partial charge in [-0.15, -0.1) is 0 Å². The van der Waals surface area contributed by atoms with Gasteiger partial charge in [-0.05, 0) is 0 Å². The van der Waals surface area contributed by atoms with Crippen LogP contribution < -0.4 is 4.74 Å². The lowest BCUT2D eigenvalue weighted by Gasteiger charge is -2.29. The molecule has 0 bridgehead atoms. The molecule has 6 nitrogen and oxygen atoms in total. The van der Waals surface area contributed by atoms with E-state index in [0.717, 1.165) is 6.20 Å². The third-order valence-corrected chi connectivity index (χ3v) is 2.88. The van der Waals surface area contributed by atoms with E-state index in [9.17, 15) is 18.0 Å². The second-order valence-electron chi connectivity index (χ2n) is 4.30. The molecular weight excluding hydrogens is 279 g/mol. The molecule has 2 rings (SSSR count). The molecule has 0 atom stereocenters.